The molecule has 0 radical (unpaired) electrons. The number of carbonyl (C=O) groups excluding carboxylic acids is 1. The van der Waals surface area contributed by atoms with Crippen LogP contribution in [0.2, 0.25) is 5.02 Å². The molecule has 6 heteroatoms. The van der Waals surface area contributed by atoms with Crippen LogP contribution >= 0.6 is 11.6 Å². The molecule has 1 fully saturated rings. The monoisotopic (exact) mass is 317 g/mol. The van der Waals surface area contributed by atoms with Gasteiger partial charge in [-0.2, -0.15) is 0 Å². The Morgan fingerprint density at radius 3 is 2.77 bits per heavy atom. The van der Waals surface area contributed by atoms with Gasteiger partial charge in [-0.3, -0.25) is 0 Å². The summed E-state index contributed by atoms with van der Waals surface area (Å²) in [5.41, 5.74) is 1.87. The van der Waals surface area contributed by atoms with E-state index in [-0.39, 0.29) is 12.1 Å². The largest absolute Gasteiger partial charge is 0.471 e. The number of anilines is 1. The van der Waals surface area contributed by atoms with Crippen molar-refractivity contribution in [2.24, 2.45) is 0 Å². The van der Waals surface area contributed by atoms with Crippen LogP contribution in [0.15, 0.2) is 42.6 Å². The number of carbonyl (C=O) groups is 1. The second-order valence-corrected chi connectivity index (χ2v) is 5.64. The van der Waals surface area contributed by atoms with E-state index in [4.69, 9.17) is 16.3 Å². The van der Waals surface area contributed by atoms with E-state index in [0.717, 1.165) is 11.3 Å². The molecule has 0 bridgehead atoms. The first-order valence-electron chi connectivity index (χ1n) is 7.01. The second kappa shape index (κ2) is 6.23. The van der Waals surface area contributed by atoms with Gasteiger partial charge in [-0.1, -0.05) is 29.8 Å². The second-order valence-electron chi connectivity index (χ2n) is 5.20. The molecule has 1 N–H and O–H groups in total. The van der Waals surface area contributed by atoms with Gasteiger partial charge in [0, 0.05) is 18.0 Å². The molecule has 1 aromatic carbocycles. The fraction of sp³-hybridized carbons (Fsp3) is 0.250. The van der Waals surface area contributed by atoms with E-state index in [1.807, 2.05) is 31.2 Å². The summed E-state index contributed by atoms with van der Waals surface area (Å²) in [5.74, 6) is 0.522. The van der Waals surface area contributed by atoms with Gasteiger partial charge in [0.15, 0.2) is 0 Å². The van der Waals surface area contributed by atoms with Gasteiger partial charge in [0.1, 0.15) is 6.10 Å². The highest BCUT2D eigenvalue weighted by Crippen LogP contribution is 2.20. The molecule has 114 valence electrons. The maximum absolute atomic E-state index is 12.1. The van der Waals surface area contributed by atoms with Gasteiger partial charge in [0.05, 0.1) is 18.1 Å². The fourth-order valence-electron chi connectivity index (χ4n) is 2.19. The Kier molecular flexibility index (Phi) is 4.15. The molecule has 3 rings (SSSR count). The number of nitrogens with one attached hydrogen (secondary N) is 1. The van der Waals surface area contributed by atoms with Crippen molar-refractivity contribution in [1.82, 2.24) is 9.88 Å². The van der Waals surface area contributed by atoms with Gasteiger partial charge in [-0.15, -0.1) is 0 Å². The van der Waals surface area contributed by atoms with Crippen LogP contribution in [0, 0.1) is 6.92 Å². The first-order chi connectivity index (χ1) is 10.6. The Bertz CT molecular complexity index is 669. The van der Waals surface area contributed by atoms with Crippen molar-refractivity contribution < 1.29 is 9.53 Å². The summed E-state index contributed by atoms with van der Waals surface area (Å²) in [6.07, 6.45) is 1.51. The summed E-state index contributed by atoms with van der Waals surface area (Å²) in [5, 5.41) is 3.47. The molecule has 1 aliphatic heterocycles. The maximum Gasteiger partial charge on any atom is 0.322 e. The van der Waals surface area contributed by atoms with Crippen LogP contribution in [-0.4, -0.2) is 35.1 Å². The molecule has 0 saturated carbocycles. The van der Waals surface area contributed by atoms with E-state index >= 15 is 0 Å². The van der Waals surface area contributed by atoms with Gasteiger partial charge in [0.25, 0.3) is 0 Å². The Balaban J connectivity index is 1.49. The number of urea groups is 1. The molecule has 0 atom stereocenters. The van der Waals surface area contributed by atoms with Crippen LogP contribution in [-0.2, 0) is 0 Å². The summed E-state index contributed by atoms with van der Waals surface area (Å²) in [7, 11) is 0. The number of aromatic nitrogens is 1. The minimum atomic E-state index is -0.113. The first kappa shape index (κ1) is 14.7. The average molecular weight is 318 g/mol. The number of hydrogen-bond donors (Lipinski definition) is 1. The number of para-hydroxylation sites is 1. The molecular formula is C16H16ClN3O2. The summed E-state index contributed by atoms with van der Waals surface area (Å²) < 4.78 is 5.67. The summed E-state index contributed by atoms with van der Waals surface area (Å²) in [4.78, 5) is 17.9. The van der Waals surface area contributed by atoms with Crippen LogP contribution in [0.1, 0.15) is 5.56 Å². The van der Waals surface area contributed by atoms with Gasteiger partial charge in [-0.25, -0.2) is 9.78 Å². The molecule has 0 unspecified atom stereocenters. The molecular weight excluding hydrogens is 302 g/mol. The fourth-order valence-corrected chi connectivity index (χ4v) is 2.30. The maximum atomic E-state index is 12.1. The lowest BCUT2D eigenvalue weighted by molar-refractivity contribution is 0.0461. The number of hydrogen-bond acceptors (Lipinski definition) is 3. The third-order valence-electron chi connectivity index (χ3n) is 3.51. The standard InChI is InChI=1S/C16H16ClN3O2/c1-11-4-2-3-5-14(11)19-16(21)20-9-13(10-20)22-15-7-6-12(17)8-18-15/h2-8,13H,9-10H2,1H3,(H,19,21). The van der Waals surface area contributed by atoms with Crippen LogP contribution in [0.3, 0.4) is 0 Å². The zero-order valence-corrected chi connectivity index (χ0v) is 12.9. The van der Waals surface area contributed by atoms with Gasteiger partial charge in [0.2, 0.25) is 5.88 Å². The lowest BCUT2D eigenvalue weighted by Crippen LogP contribution is -2.57. The Morgan fingerprint density at radius 1 is 1.32 bits per heavy atom. The SMILES string of the molecule is Cc1ccccc1NC(=O)N1CC(Oc2ccc(Cl)cn2)C1. The zero-order valence-electron chi connectivity index (χ0n) is 12.1. The molecule has 22 heavy (non-hydrogen) atoms. The number of pyridine rings is 1. The summed E-state index contributed by atoms with van der Waals surface area (Å²) >= 11 is 5.77. The van der Waals surface area contributed by atoms with Crippen molar-refractivity contribution in [3.8, 4) is 5.88 Å². The molecule has 5 nitrogen and oxygen atoms in total. The van der Waals surface area contributed by atoms with Crippen LogP contribution in [0.5, 0.6) is 5.88 Å². The molecule has 1 saturated heterocycles. The minimum Gasteiger partial charge on any atom is -0.471 e. The van der Waals surface area contributed by atoms with Crippen molar-refractivity contribution in [3.05, 3.63) is 53.2 Å². The highest BCUT2D eigenvalue weighted by molar-refractivity contribution is 6.30. The Morgan fingerprint density at radius 2 is 2.09 bits per heavy atom. The van der Waals surface area contributed by atoms with E-state index in [2.05, 4.69) is 10.3 Å². The molecule has 1 aliphatic rings. The quantitative estimate of drug-likeness (QED) is 0.944. The van der Waals surface area contributed by atoms with Crippen LogP contribution in [0.25, 0.3) is 0 Å². The normalized spacial score (nSPS) is 14.4. The third-order valence-corrected chi connectivity index (χ3v) is 3.73. The number of aryl methyl sites for hydroxylation is 1. The lowest BCUT2D eigenvalue weighted by atomic mass is 10.1. The zero-order chi connectivity index (χ0) is 15.5. The summed E-state index contributed by atoms with van der Waals surface area (Å²) in [6.45, 7) is 3.05. The summed E-state index contributed by atoms with van der Waals surface area (Å²) in [6, 6.07) is 11.0. The van der Waals surface area contributed by atoms with Gasteiger partial charge >= 0.3 is 6.03 Å². The van der Waals surface area contributed by atoms with Gasteiger partial charge in [-0.05, 0) is 24.6 Å². The number of nitrogens with zero attached hydrogens (tertiary/aromatic N) is 2. The number of rotatable bonds is 3. The van der Waals surface area contributed by atoms with Crippen molar-refractivity contribution in [1.29, 1.82) is 0 Å². The Hall–Kier alpha value is -2.27. The van der Waals surface area contributed by atoms with E-state index in [9.17, 15) is 4.79 Å². The van der Waals surface area contributed by atoms with E-state index < -0.39 is 0 Å². The minimum absolute atomic E-state index is 0.0312. The average Bonchev–Trinajstić information content (AvgIpc) is 2.46. The molecule has 0 aliphatic carbocycles. The molecule has 2 heterocycles. The van der Waals surface area contributed by atoms with Crippen LogP contribution < -0.4 is 10.1 Å². The predicted octanol–water partition coefficient (Wildman–Crippen LogP) is 3.34. The number of halogens is 1. The first-order valence-corrected chi connectivity index (χ1v) is 7.39. The van der Waals surface area contributed by atoms with Crippen molar-refractivity contribution >= 4 is 23.3 Å². The van der Waals surface area contributed by atoms with E-state index in [0.29, 0.717) is 24.0 Å². The van der Waals surface area contributed by atoms with Gasteiger partial charge < -0.3 is 15.0 Å². The smallest absolute Gasteiger partial charge is 0.322 e. The highest BCUT2D eigenvalue weighted by Gasteiger charge is 2.32. The number of ether oxygens (including phenoxy) is 1. The molecule has 0 spiro atoms. The topological polar surface area (TPSA) is 54.5 Å². The Labute approximate surface area is 133 Å². The molecule has 1 aromatic heterocycles. The number of likely N-dealkylation sites (tertiary alicyclic amines) is 1. The number of amides is 2. The van der Waals surface area contributed by atoms with Crippen molar-refractivity contribution in [2.45, 2.75) is 13.0 Å². The predicted molar refractivity (Wildman–Crippen MR) is 85.4 cm³/mol. The van der Waals surface area contributed by atoms with Crippen LogP contribution in [0.4, 0.5) is 10.5 Å². The van der Waals surface area contributed by atoms with E-state index in [1.165, 1.54) is 6.20 Å². The number of benzene rings is 1. The van der Waals surface area contributed by atoms with Crippen molar-refractivity contribution in [3.63, 3.8) is 0 Å². The highest BCUT2D eigenvalue weighted by atomic mass is 35.5. The molecule has 2 aromatic rings. The third kappa shape index (κ3) is 3.31. The van der Waals surface area contributed by atoms with Crippen molar-refractivity contribution in [2.75, 3.05) is 18.4 Å². The lowest BCUT2D eigenvalue weighted by Gasteiger charge is -2.38. The molecule has 2 amide bonds. The van der Waals surface area contributed by atoms with E-state index in [1.54, 1.807) is 17.0 Å².